The van der Waals surface area contributed by atoms with Crippen molar-refractivity contribution in [2.45, 2.75) is 31.4 Å². The minimum Gasteiger partial charge on any atom is -0.376 e. The number of thioether (sulfide) groups is 1. The summed E-state index contributed by atoms with van der Waals surface area (Å²) in [5.74, 6) is 2.18. The van der Waals surface area contributed by atoms with Crippen molar-refractivity contribution in [2.24, 2.45) is 0 Å². The highest BCUT2D eigenvalue weighted by atomic mass is 35.5. The van der Waals surface area contributed by atoms with Crippen molar-refractivity contribution in [3.05, 3.63) is 29.0 Å². The van der Waals surface area contributed by atoms with Gasteiger partial charge in [-0.3, -0.25) is 4.79 Å². The monoisotopic (exact) mass is 326 g/mol. The number of aromatic nitrogens is 1. The maximum atomic E-state index is 12.8. The van der Waals surface area contributed by atoms with E-state index in [1.165, 1.54) is 0 Å². The maximum absolute atomic E-state index is 12.8. The van der Waals surface area contributed by atoms with Crippen molar-refractivity contribution in [2.75, 3.05) is 24.7 Å². The second-order valence-corrected chi connectivity index (χ2v) is 7.02. The van der Waals surface area contributed by atoms with Gasteiger partial charge in [-0.05, 0) is 37.1 Å². The molecule has 1 aromatic rings. The van der Waals surface area contributed by atoms with Gasteiger partial charge in [0.2, 0.25) is 0 Å². The number of ether oxygens (including phenoxy) is 1. The molecule has 2 atom stereocenters. The molecule has 0 radical (unpaired) electrons. The van der Waals surface area contributed by atoms with Gasteiger partial charge in [-0.2, -0.15) is 11.8 Å². The van der Waals surface area contributed by atoms with Gasteiger partial charge in [-0.1, -0.05) is 11.6 Å². The minimum absolute atomic E-state index is 0.0437. The first-order valence-corrected chi connectivity index (χ1v) is 8.89. The van der Waals surface area contributed by atoms with Crippen LogP contribution in [-0.4, -0.2) is 52.6 Å². The predicted octanol–water partition coefficient (Wildman–Crippen LogP) is 2.86. The fourth-order valence-electron chi connectivity index (χ4n) is 2.84. The Hall–Kier alpha value is -0.780. The Balaban J connectivity index is 1.76. The summed E-state index contributed by atoms with van der Waals surface area (Å²) in [6, 6.07) is 3.73. The van der Waals surface area contributed by atoms with Gasteiger partial charge in [0.25, 0.3) is 5.91 Å². The van der Waals surface area contributed by atoms with E-state index >= 15 is 0 Å². The molecule has 0 N–H and O–H groups in total. The van der Waals surface area contributed by atoms with Crippen LogP contribution in [0.25, 0.3) is 0 Å². The van der Waals surface area contributed by atoms with Crippen molar-refractivity contribution < 1.29 is 9.53 Å². The Labute approximate surface area is 134 Å². The van der Waals surface area contributed by atoms with Gasteiger partial charge in [0.15, 0.2) is 0 Å². The summed E-state index contributed by atoms with van der Waals surface area (Å²) in [7, 11) is 0. The van der Waals surface area contributed by atoms with Crippen LogP contribution in [0.2, 0.25) is 5.15 Å². The van der Waals surface area contributed by atoms with E-state index in [9.17, 15) is 4.79 Å². The van der Waals surface area contributed by atoms with Gasteiger partial charge in [0.05, 0.1) is 11.7 Å². The van der Waals surface area contributed by atoms with Gasteiger partial charge in [-0.25, -0.2) is 4.98 Å². The van der Waals surface area contributed by atoms with E-state index in [4.69, 9.17) is 16.3 Å². The van der Waals surface area contributed by atoms with E-state index in [-0.39, 0.29) is 12.0 Å². The van der Waals surface area contributed by atoms with E-state index in [1.54, 1.807) is 18.3 Å². The zero-order valence-corrected chi connectivity index (χ0v) is 13.4. The molecule has 3 rings (SSSR count). The molecule has 114 valence electrons. The first-order chi connectivity index (χ1) is 10.2. The largest absolute Gasteiger partial charge is 0.376 e. The van der Waals surface area contributed by atoms with E-state index in [2.05, 4.69) is 4.98 Å². The molecule has 3 heterocycles. The van der Waals surface area contributed by atoms with Crippen LogP contribution in [0.3, 0.4) is 0 Å². The SMILES string of the molecule is O=C(c1ccc(Cl)nc1)N(CC1CCCO1)C1CCSC1. The second kappa shape index (κ2) is 6.99. The lowest BCUT2D eigenvalue weighted by Crippen LogP contribution is -2.44. The molecule has 1 aromatic heterocycles. The molecular formula is C15H19ClN2O2S. The quantitative estimate of drug-likeness (QED) is 0.798. The molecule has 0 bridgehead atoms. The van der Waals surface area contributed by atoms with Gasteiger partial charge in [0.1, 0.15) is 5.15 Å². The molecule has 0 spiro atoms. The summed E-state index contributed by atoms with van der Waals surface area (Å²) in [4.78, 5) is 18.8. The van der Waals surface area contributed by atoms with Crippen LogP contribution >= 0.6 is 23.4 Å². The number of hydrogen-bond donors (Lipinski definition) is 0. The number of carbonyl (C=O) groups is 1. The summed E-state index contributed by atoms with van der Waals surface area (Å²) >= 11 is 7.71. The Bertz CT molecular complexity index is 485. The van der Waals surface area contributed by atoms with E-state index in [0.29, 0.717) is 23.3 Å². The van der Waals surface area contributed by atoms with Crippen LogP contribution < -0.4 is 0 Å². The van der Waals surface area contributed by atoms with Crippen molar-refractivity contribution in [1.29, 1.82) is 0 Å². The third kappa shape index (κ3) is 3.71. The van der Waals surface area contributed by atoms with Crippen LogP contribution in [0.1, 0.15) is 29.6 Å². The summed E-state index contributed by atoms with van der Waals surface area (Å²) in [5.41, 5.74) is 0.606. The topological polar surface area (TPSA) is 42.4 Å². The number of hydrogen-bond acceptors (Lipinski definition) is 4. The van der Waals surface area contributed by atoms with Crippen molar-refractivity contribution >= 4 is 29.3 Å². The molecule has 0 aromatic carbocycles. The van der Waals surface area contributed by atoms with Crippen LogP contribution in [0, 0.1) is 0 Å². The molecule has 1 amide bonds. The van der Waals surface area contributed by atoms with E-state index in [1.807, 2.05) is 16.7 Å². The fraction of sp³-hybridized carbons (Fsp3) is 0.600. The molecule has 2 fully saturated rings. The third-order valence-corrected chi connectivity index (χ3v) is 5.37. The molecule has 0 saturated carbocycles. The van der Waals surface area contributed by atoms with Gasteiger partial charge in [-0.15, -0.1) is 0 Å². The molecule has 2 saturated heterocycles. The zero-order valence-electron chi connectivity index (χ0n) is 11.8. The fourth-order valence-corrected chi connectivity index (χ4v) is 4.18. The first kappa shape index (κ1) is 15.1. The number of pyridine rings is 1. The van der Waals surface area contributed by atoms with Gasteiger partial charge in [0, 0.05) is 31.1 Å². The van der Waals surface area contributed by atoms with Crippen molar-refractivity contribution in [3.8, 4) is 0 Å². The number of halogens is 1. The van der Waals surface area contributed by atoms with Gasteiger partial charge >= 0.3 is 0 Å². The molecule has 2 unspecified atom stereocenters. The lowest BCUT2D eigenvalue weighted by atomic mass is 10.1. The highest BCUT2D eigenvalue weighted by molar-refractivity contribution is 7.99. The lowest BCUT2D eigenvalue weighted by Gasteiger charge is -2.30. The Morgan fingerprint density at radius 3 is 3.00 bits per heavy atom. The number of amides is 1. The zero-order chi connectivity index (χ0) is 14.7. The smallest absolute Gasteiger partial charge is 0.255 e. The van der Waals surface area contributed by atoms with Crippen molar-refractivity contribution in [1.82, 2.24) is 9.88 Å². The van der Waals surface area contributed by atoms with Crippen LogP contribution in [0.15, 0.2) is 18.3 Å². The van der Waals surface area contributed by atoms with Crippen LogP contribution in [-0.2, 0) is 4.74 Å². The highest BCUT2D eigenvalue weighted by Gasteiger charge is 2.31. The van der Waals surface area contributed by atoms with Crippen molar-refractivity contribution in [3.63, 3.8) is 0 Å². The Morgan fingerprint density at radius 2 is 2.38 bits per heavy atom. The first-order valence-electron chi connectivity index (χ1n) is 7.36. The highest BCUT2D eigenvalue weighted by Crippen LogP contribution is 2.26. The summed E-state index contributed by atoms with van der Waals surface area (Å²) in [6.45, 7) is 1.50. The average Bonchev–Trinajstić information content (AvgIpc) is 3.18. The Kier molecular flexibility index (Phi) is 5.03. The number of nitrogens with zero attached hydrogens (tertiary/aromatic N) is 2. The minimum atomic E-state index is 0.0437. The molecule has 0 aliphatic carbocycles. The molecule has 4 nitrogen and oxygen atoms in total. The summed E-state index contributed by atoms with van der Waals surface area (Å²) in [6.07, 6.45) is 4.94. The molecular weight excluding hydrogens is 308 g/mol. The summed E-state index contributed by atoms with van der Waals surface area (Å²) in [5, 5.41) is 0.411. The molecule has 6 heteroatoms. The molecule has 2 aliphatic rings. The standard InChI is InChI=1S/C15H19ClN2O2S/c16-14-4-3-11(8-17-14)15(19)18(12-5-7-21-10-12)9-13-2-1-6-20-13/h3-4,8,12-13H,1-2,5-7,9-10H2. The summed E-state index contributed by atoms with van der Waals surface area (Å²) < 4.78 is 5.71. The lowest BCUT2D eigenvalue weighted by molar-refractivity contribution is 0.0441. The normalized spacial score (nSPS) is 25.2. The van der Waals surface area contributed by atoms with Crippen LogP contribution in [0.5, 0.6) is 0 Å². The third-order valence-electron chi connectivity index (χ3n) is 4.01. The average molecular weight is 327 g/mol. The molecule has 21 heavy (non-hydrogen) atoms. The number of rotatable bonds is 4. The Morgan fingerprint density at radius 1 is 1.48 bits per heavy atom. The van der Waals surface area contributed by atoms with Crippen LogP contribution in [0.4, 0.5) is 0 Å². The molecule has 2 aliphatic heterocycles. The predicted molar refractivity (Wildman–Crippen MR) is 85.0 cm³/mol. The maximum Gasteiger partial charge on any atom is 0.255 e. The van der Waals surface area contributed by atoms with E-state index in [0.717, 1.165) is 37.4 Å². The second-order valence-electron chi connectivity index (χ2n) is 5.48. The van der Waals surface area contributed by atoms with E-state index < -0.39 is 0 Å². The number of carbonyl (C=O) groups excluding carboxylic acids is 1. The van der Waals surface area contributed by atoms with Gasteiger partial charge < -0.3 is 9.64 Å².